The molecule has 0 amide bonds. The van der Waals surface area contributed by atoms with Crippen molar-refractivity contribution in [1.82, 2.24) is 24.7 Å². The van der Waals surface area contributed by atoms with Gasteiger partial charge in [-0.2, -0.15) is 0 Å². The highest BCUT2D eigenvalue weighted by molar-refractivity contribution is 5.90. The van der Waals surface area contributed by atoms with Gasteiger partial charge in [0.05, 0.1) is 12.1 Å². The number of nitrogens with one attached hydrogen (secondary N) is 1. The molecule has 0 radical (unpaired) electrons. The van der Waals surface area contributed by atoms with Crippen molar-refractivity contribution in [3.63, 3.8) is 0 Å². The lowest BCUT2D eigenvalue weighted by Crippen LogP contribution is -2.28. The van der Waals surface area contributed by atoms with Gasteiger partial charge in [0.2, 0.25) is 5.88 Å². The Morgan fingerprint density at radius 1 is 1.32 bits per heavy atom. The molecule has 9 nitrogen and oxygen atoms in total. The number of hydrogen-bond acceptors (Lipinski definition) is 7. The summed E-state index contributed by atoms with van der Waals surface area (Å²) in [5.41, 5.74) is 6.32. The molecule has 1 saturated carbocycles. The van der Waals surface area contributed by atoms with Crippen LogP contribution in [0.4, 0.5) is 5.82 Å². The quantitative estimate of drug-likeness (QED) is 0.654. The molecule has 3 aromatic heterocycles. The molecule has 3 heterocycles. The second-order valence-electron chi connectivity index (χ2n) is 6.12. The van der Waals surface area contributed by atoms with Crippen molar-refractivity contribution in [2.24, 2.45) is 0 Å². The smallest absolute Gasteiger partial charge is 0.253 e. The number of aliphatic hydroxyl groups is 1. The van der Waals surface area contributed by atoms with Crippen molar-refractivity contribution >= 4 is 16.9 Å². The topological polar surface area (TPSA) is 132 Å². The van der Waals surface area contributed by atoms with Crippen molar-refractivity contribution in [3.8, 4) is 11.8 Å². The largest absolute Gasteiger partial charge is 0.420 e. The number of rotatable bonds is 3. The molecule has 0 saturated heterocycles. The zero-order chi connectivity index (χ0) is 17.4. The Labute approximate surface area is 142 Å². The minimum atomic E-state index is -0.502. The first-order chi connectivity index (χ1) is 12.1. The van der Waals surface area contributed by atoms with Gasteiger partial charge >= 0.3 is 0 Å². The number of aliphatic hydroxyl groups excluding tert-OH is 1. The second-order valence-corrected chi connectivity index (χ2v) is 6.12. The summed E-state index contributed by atoms with van der Waals surface area (Å²) in [6, 6.07) is 2.51. The van der Waals surface area contributed by atoms with Gasteiger partial charge in [-0.1, -0.05) is 12.8 Å². The standard InChI is InChI=1S/C16H18N6O3/c17-14-13-15(20-8-19-14)22(10-3-1-2-4-11(10)24)21-16(13)25-12-7-9(23)5-6-18-12/h5-8,10-11,24H,1-4H2,(H,18,23)(H2,17,19,20)/t10?,11-/m0/s1. The average Bonchev–Trinajstić information content (AvgIpc) is 2.95. The summed E-state index contributed by atoms with van der Waals surface area (Å²) in [6.45, 7) is 0. The third-order valence-electron chi connectivity index (χ3n) is 4.45. The van der Waals surface area contributed by atoms with E-state index in [4.69, 9.17) is 10.5 Å². The Hall–Kier alpha value is -2.94. The number of nitrogen functional groups attached to an aromatic ring is 1. The van der Waals surface area contributed by atoms with Crippen molar-refractivity contribution in [3.05, 3.63) is 34.9 Å². The van der Waals surface area contributed by atoms with Crippen LogP contribution in [0.3, 0.4) is 0 Å². The number of H-pyrrole nitrogens is 1. The van der Waals surface area contributed by atoms with Gasteiger partial charge in [-0.3, -0.25) is 4.79 Å². The summed E-state index contributed by atoms with van der Waals surface area (Å²) in [5.74, 6) is 0.675. The van der Waals surface area contributed by atoms with Crippen LogP contribution in [0, 0.1) is 0 Å². The fraction of sp³-hybridized carbons (Fsp3) is 0.375. The number of aromatic nitrogens is 5. The maximum atomic E-state index is 11.5. The van der Waals surface area contributed by atoms with Crippen molar-refractivity contribution in [1.29, 1.82) is 0 Å². The number of ether oxygens (including phenoxy) is 1. The summed E-state index contributed by atoms with van der Waals surface area (Å²) in [5, 5.41) is 15.3. The number of fused-ring (bicyclic) bond motifs is 1. The Morgan fingerprint density at radius 2 is 2.16 bits per heavy atom. The second kappa shape index (κ2) is 6.17. The monoisotopic (exact) mass is 342 g/mol. The maximum absolute atomic E-state index is 11.5. The molecule has 1 aliphatic carbocycles. The van der Waals surface area contributed by atoms with E-state index >= 15 is 0 Å². The highest BCUT2D eigenvalue weighted by atomic mass is 16.5. The molecule has 2 atom stereocenters. The lowest BCUT2D eigenvalue weighted by atomic mass is 9.93. The molecule has 0 bridgehead atoms. The van der Waals surface area contributed by atoms with Gasteiger partial charge < -0.3 is 20.6 Å². The van der Waals surface area contributed by atoms with Gasteiger partial charge in [0.25, 0.3) is 5.88 Å². The van der Waals surface area contributed by atoms with E-state index in [9.17, 15) is 9.90 Å². The third-order valence-corrected chi connectivity index (χ3v) is 4.45. The van der Waals surface area contributed by atoms with Gasteiger partial charge in [-0.15, -0.1) is 5.10 Å². The first-order valence-corrected chi connectivity index (χ1v) is 8.17. The molecule has 0 aromatic carbocycles. The Morgan fingerprint density at radius 3 is 2.96 bits per heavy atom. The van der Waals surface area contributed by atoms with E-state index in [0.717, 1.165) is 25.7 Å². The van der Waals surface area contributed by atoms with E-state index in [2.05, 4.69) is 20.1 Å². The summed E-state index contributed by atoms with van der Waals surface area (Å²) < 4.78 is 7.39. The van der Waals surface area contributed by atoms with Crippen molar-refractivity contribution < 1.29 is 9.84 Å². The first kappa shape index (κ1) is 15.6. The summed E-state index contributed by atoms with van der Waals surface area (Å²) in [6.07, 6.45) is 5.85. The van der Waals surface area contributed by atoms with E-state index < -0.39 is 6.10 Å². The number of hydrogen-bond donors (Lipinski definition) is 3. The predicted molar refractivity (Wildman–Crippen MR) is 90.4 cm³/mol. The molecule has 9 heteroatoms. The lowest BCUT2D eigenvalue weighted by molar-refractivity contribution is 0.0708. The van der Waals surface area contributed by atoms with Crippen LogP contribution in [0.15, 0.2) is 29.5 Å². The Kier molecular flexibility index (Phi) is 3.85. The zero-order valence-corrected chi connectivity index (χ0v) is 13.4. The number of nitrogens with two attached hydrogens (primary N) is 1. The van der Waals surface area contributed by atoms with E-state index in [1.807, 2.05) is 0 Å². The SMILES string of the molecule is Nc1ncnc2c1c(Oc1cc(=O)cc[nH]1)nn2C1CCCC[C@@H]1O. The maximum Gasteiger partial charge on any atom is 0.253 e. The van der Waals surface area contributed by atoms with Crippen LogP contribution in [0.1, 0.15) is 31.7 Å². The number of aromatic amines is 1. The van der Waals surface area contributed by atoms with Crippen LogP contribution in [0.5, 0.6) is 11.8 Å². The molecule has 1 aliphatic rings. The van der Waals surface area contributed by atoms with Crippen molar-refractivity contribution in [2.45, 2.75) is 37.8 Å². The molecule has 130 valence electrons. The highest BCUT2D eigenvalue weighted by Crippen LogP contribution is 2.36. The Balaban J connectivity index is 1.83. The zero-order valence-electron chi connectivity index (χ0n) is 13.4. The Bertz CT molecular complexity index is 966. The molecule has 3 aromatic rings. The fourth-order valence-corrected chi connectivity index (χ4v) is 3.23. The van der Waals surface area contributed by atoms with Crippen LogP contribution in [0.2, 0.25) is 0 Å². The predicted octanol–water partition coefficient (Wildman–Crippen LogP) is 1.37. The van der Waals surface area contributed by atoms with Crippen LogP contribution in [-0.2, 0) is 0 Å². The minimum Gasteiger partial charge on any atom is -0.420 e. The van der Waals surface area contributed by atoms with E-state index in [1.54, 1.807) is 4.68 Å². The number of pyridine rings is 1. The molecule has 0 aliphatic heterocycles. The van der Waals surface area contributed by atoms with Crippen LogP contribution in [-0.4, -0.2) is 35.9 Å². The number of anilines is 1. The van der Waals surface area contributed by atoms with Gasteiger partial charge in [0.1, 0.15) is 17.5 Å². The van der Waals surface area contributed by atoms with E-state index in [1.165, 1.54) is 24.7 Å². The first-order valence-electron chi connectivity index (χ1n) is 8.17. The highest BCUT2D eigenvalue weighted by Gasteiger charge is 2.29. The van der Waals surface area contributed by atoms with E-state index in [-0.39, 0.29) is 29.0 Å². The minimum absolute atomic E-state index is 0.190. The normalized spacial score (nSPS) is 20.7. The molecule has 1 fully saturated rings. The molecule has 4 N–H and O–H groups in total. The lowest BCUT2D eigenvalue weighted by Gasteiger charge is -2.27. The van der Waals surface area contributed by atoms with Crippen LogP contribution >= 0.6 is 0 Å². The molecular weight excluding hydrogens is 324 g/mol. The summed E-state index contributed by atoms with van der Waals surface area (Å²) >= 11 is 0. The average molecular weight is 342 g/mol. The van der Waals surface area contributed by atoms with Crippen LogP contribution in [0.25, 0.3) is 11.0 Å². The molecule has 0 spiro atoms. The molecule has 1 unspecified atom stereocenters. The van der Waals surface area contributed by atoms with Gasteiger partial charge in [0.15, 0.2) is 11.1 Å². The molecule has 25 heavy (non-hydrogen) atoms. The van der Waals surface area contributed by atoms with Crippen molar-refractivity contribution in [2.75, 3.05) is 5.73 Å². The molecule has 4 rings (SSSR count). The number of nitrogens with zero attached hydrogens (tertiary/aromatic N) is 4. The van der Waals surface area contributed by atoms with Crippen LogP contribution < -0.4 is 15.9 Å². The van der Waals surface area contributed by atoms with Gasteiger partial charge in [-0.25, -0.2) is 14.6 Å². The van der Waals surface area contributed by atoms with Gasteiger partial charge in [-0.05, 0) is 12.8 Å². The summed E-state index contributed by atoms with van der Waals surface area (Å²) in [7, 11) is 0. The molecular formula is C16H18N6O3. The fourth-order valence-electron chi connectivity index (χ4n) is 3.23. The van der Waals surface area contributed by atoms with Gasteiger partial charge in [0, 0.05) is 18.3 Å². The van der Waals surface area contributed by atoms with E-state index in [0.29, 0.717) is 11.0 Å². The summed E-state index contributed by atoms with van der Waals surface area (Å²) in [4.78, 5) is 22.6. The third kappa shape index (κ3) is 2.82.